The number of Topliss-reactive ketones (excluding diaryl/α,β-unsaturated/α-hetero) is 1. The minimum atomic E-state index is -3.72. The van der Waals surface area contributed by atoms with Crippen LogP contribution in [0.3, 0.4) is 0 Å². The van der Waals surface area contributed by atoms with Crippen LogP contribution >= 0.6 is 0 Å². The second-order valence-corrected chi connectivity index (χ2v) is 5.97. The van der Waals surface area contributed by atoms with Crippen molar-refractivity contribution >= 4 is 15.8 Å². The highest BCUT2D eigenvalue weighted by Crippen LogP contribution is 2.29. The Labute approximate surface area is 105 Å². The van der Waals surface area contributed by atoms with E-state index in [1.54, 1.807) is 0 Å². The van der Waals surface area contributed by atoms with E-state index in [2.05, 4.69) is 4.72 Å². The maximum atomic E-state index is 11.9. The number of hydrogen-bond acceptors (Lipinski definition) is 4. The summed E-state index contributed by atoms with van der Waals surface area (Å²) in [7, 11) is -3.72. The van der Waals surface area contributed by atoms with Gasteiger partial charge in [-0.1, -0.05) is 6.07 Å². The van der Waals surface area contributed by atoms with Crippen LogP contribution in [0.5, 0.6) is 0 Å². The zero-order valence-corrected chi connectivity index (χ0v) is 10.4. The molecule has 0 radical (unpaired) electrons. The van der Waals surface area contributed by atoms with Crippen molar-refractivity contribution in [3.8, 4) is 6.07 Å². The number of ketones is 1. The third-order valence-corrected chi connectivity index (χ3v) is 4.14. The number of carbonyl (C=O) groups is 1. The Morgan fingerprint density at radius 1 is 1.44 bits per heavy atom. The molecule has 18 heavy (non-hydrogen) atoms. The lowest BCUT2D eigenvalue weighted by atomic mass is 10.2. The first-order valence-electron chi connectivity index (χ1n) is 5.55. The summed E-state index contributed by atoms with van der Waals surface area (Å²) < 4.78 is 26.0. The molecular formula is C12H12N2O3S. The van der Waals surface area contributed by atoms with Crippen molar-refractivity contribution in [3.05, 3.63) is 29.8 Å². The predicted molar refractivity (Wildman–Crippen MR) is 64.1 cm³/mol. The van der Waals surface area contributed by atoms with Gasteiger partial charge in [-0.05, 0) is 31.0 Å². The van der Waals surface area contributed by atoms with Crippen molar-refractivity contribution in [1.29, 1.82) is 5.26 Å². The lowest BCUT2D eigenvalue weighted by molar-refractivity contribution is -0.119. The monoisotopic (exact) mass is 264 g/mol. The molecule has 1 aliphatic carbocycles. The summed E-state index contributed by atoms with van der Waals surface area (Å²) in [6, 6.07) is 7.57. The molecule has 0 saturated heterocycles. The molecule has 0 spiro atoms. The van der Waals surface area contributed by atoms with Crippen LogP contribution in [0.25, 0.3) is 0 Å². The number of hydrogen-bond donors (Lipinski definition) is 1. The largest absolute Gasteiger partial charge is 0.298 e. The van der Waals surface area contributed by atoms with Gasteiger partial charge in [0.15, 0.2) is 5.78 Å². The van der Waals surface area contributed by atoms with Crippen LogP contribution in [-0.4, -0.2) is 20.7 Å². The average Bonchev–Trinajstić information content (AvgIpc) is 3.20. The minimum Gasteiger partial charge on any atom is -0.298 e. The summed E-state index contributed by atoms with van der Waals surface area (Å²) in [5.41, 5.74) is 0.270. The van der Waals surface area contributed by atoms with Gasteiger partial charge in [0.2, 0.25) is 10.0 Å². The molecular weight excluding hydrogens is 252 g/mol. The summed E-state index contributed by atoms with van der Waals surface area (Å²) in [6.07, 6.45) is 1.70. The summed E-state index contributed by atoms with van der Waals surface area (Å²) in [4.78, 5) is 11.4. The van der Waals surface area contributed by atoms with E-state index in [0.29, 0.717) is 0 Å². The summed E-state index contributed by atoms with van der Waals surface area (Å²) in [5, 5.41) is 8.71. The first-order chi connectivity index (χ1) is 8.53. The van der Waals surface area contributed by atoms with E-state index in [1.165, 1.54) is 24.3 Å². The Morgan fingerprint density at radius 2 is 2.17 bits per heavy atom. The Hall–Kier alpha value is -1.71. The molecule has 2 rings (SSSR count). The smallest absolute Gasteiger partial charge is 0.241 e. The van der Waals surface area contributed by atoms with E-state index < -0.39 is 10.0 Å². The first kappa shape index (κ1) is 12.7. The molecule has 1 saturated carbocycles. The van der Waals surface area contributed by atoms with Crippen molar-refractivity contribution in [2.75, 3.05) is 6.54 Å². The van der Waals surface area contributed by atoms with E-state index in [4.69, 9.17) is 5.26 Å². The molecule has 1 aliphatic rings. The molecule has 1 N–H and O–H groups in total. The van der Waals surface area contributed by atoms with Crippen molar-refractivity contribution in [2.45, 2.75) is 17.7 Å². The van der Waals surface area contributed by atoms with Gasteiger partial charge in [0.05, 0.1) is 23.1 Å². The van der Waals surface area contributed by atoms with Crippen molar-refractivity contribution < 1.29 is 13.2 Å². The molecule has 1 fully saturated rings. The van der Waals surface area contributed by atoms with Gasteiger partial charge >= 0.3 is 0 Å². The summed E-state index contributed by atoms with van der Waals surface area (Å²) in [6.45, 7) is -0.177. The second kappa shape index (κ2) is 4.88. The van der Waals surface area contributed by atoms with Crippen molar-refractivity contribution in [1.82, 2.24) is 4.72 Å². The van der Waals surface area contributed by atoms with Crippen molar-refractivity contribution in [2.24, 2.45) is 5.92 Å². The fraction of sp³-hybridized carbons (Fsp3) is 0.333. The minimum absolute atomic E-state index is 0.00477. The number of nitrogens with one attached hydrogen (secondary N) is 1. The topological polar surface area (TPSA) is 87.0 Å². The molecule has 0 aromatic heterocycles. The number of nitriles is 1. The first-order valence-corrected chi connectivity index (χ1v) is 7.04. The fourth-order valence-electron chi connectivity index (χ4n) is 1.53. The van der Waals surface area contributed by atoms with Crippen LogP contribution < -0.4 is 4.72 Å². The quantitative estimate of drug-likeness (QED) is 0.852. The van der Waals surface area contributed by atoms with E-state index >= 15 is 0 Å². The van der Waals surface area contributed by atoms with Gasteiger partial charge in [-0.2, -0.15) is 5.26 Å². The molecule has 1 aromatic rings. The van der Waals surface area contributed by atoms with Crippen LogP contribution in [0.4, 0.5) is 0 Å². The summed E-state index contributed by atoms with van der Waals surface area (Å²) in [5.74, 6) is -0.0480. The molecule has 0 heterocycles. The number of sulfonamides is 1. The number of rotatable bonds is 5. The second-order valence-electron chi connectivity index (χ2n) is 4.20. The number of benzene rings is 1. The maximum absolute atomic E-state index is 11.9. The zero-order chi connectivity index (χ0) is 13.2. The molecule has 1 aromatic carbocycles. The lowest BCUT2D eigenvalue weighted by Crippen LogP contribution is -2.30. The number of nitrogens with zero attached hydrogens (tertiary/aromatic N) is 1. The molecule has 0 aliphatic heterocycles. The molecule has 94 valence electrons. The third-order valence-electron chi connectivity index (χ3n) is 2.74. The van der Waals surface area contributed by atoms with Gasteiger partial charge in [0, 0.05) is 5.92 Å². The van der Waals surface area contributed by atoms with Gasteiger partial charge < -0.3 is 0 Å². The highest BCUT2D eigenvalue weighted by Gasteiger charge is 2.30. The van der Waals surface area contributed by atoms with E-state index in [-0.39, 0.29) is 28.7 Å². The molecule has 0 unspecified atom stereocenters. The normalized spacial score (nSPS) is 15.1. The Kier molecular flexibility index (Phi) is 3.45. The fourth-order valence-corrected chi connectivity index (χ4v) is 2.57. The molecule has 0 atom stereocenters. The van der Waals surface area contributed by atoms with Gasteiger partial charge in [0.25, 0.3) is 0 Å². The Morgan fingerprint density at radius 3 is 2.78 bits per heavy atom. The van der Waals surface area contributed by atoms with Gasteiger partial charge in [0.1, 0.15) is 0 Å². The van der Waals surface area contributed by atoms with Gasteiger partial charge in [-0.3, -0.25) is 4.79 Å². The third kappa shape index (κ3) is 2.94. The van der Waals surface area contributed by atoms with E-state index in [9.17, 15) is 13.2 Å². The highest BCUT2D eigenvalue weighted by atomic mass is 32.2. The van der Waals surface area contributed by atoms with Crippen LogP contribution in [-0.2, 0) is 14.8 Å². The van der Waals surface area contributed by atoms with Crippen molar-refractivity contribution in [3.63, 3.8) is 0 Å². The SMILES string of the molecule is N#Cc1cccc(S(=O)(=O)NCC(=O)C2CC2)c1. The van der Waals surface area contributed by atoms with Crippen LogP contribution in [0, 0.1) is 17.2 Å². The van der Waals surface area contributed by atoms with Crippen LogP contribution in [0.2, 0.25) is 0 Å². The van der Waals surface area contributed by atoms with E-state index in [0.717, 1.165) is 12.8 Å². The predicted octanol–water partition coefficient (Wildman–Crippen LogP) is 0.816. The maximum Gasteiger partial charge on any atom is 0.241 e. The average molecular weight is 264 g/mol. The standard InChI is InChI=1S/C12H12N2O3S/c13-7-9-2-1-3-11(6-9)18(16,17)14-8-12(15)10-4-5-10/h1-3,6,10,14H,4-5,8H2. The highest BCUT2D eigenvalue weighted by molar-refractivity contribution is 7.89. The Bertz CT molecular complexity index is 612. The lowest BCUT2D eigenvalue weighted by Gasteiger charge is -2.05. The molecule has 0 bridgehead atoms. The Balaban J connectivity index is 2.09. The molecule has 6 heteroatoms. The zero-order valence-electron chi connectivity index (χ0n) is 9.59. The molecule has 0 amide bonds. The molecule has 5 nitrogen and oxygen atoms in total. The van der Waals surface area contributed by atoms with E-state index in [1.807, 2.05) is 6.07 Å². The van der Waals surface area contributed by atoms with Crippen LogP contribution in [0.15, 0.2) is 29.2 Å². The summed E-state index contributed by atoms with van der Waals surface area (Å²) >= 11 is 0. The van der Waals surface area contributed by atoms with Gasteiger partial charge in [-0.15, -0.1) is 0 Å². The number of carbonyl (C=O) groups excluding carboxylic acids is 1. The van der Waals surface area contributed by atoms with Crippen LogP contribution in [0.1, 0.15) is 18.4 Å². The van der Waals surface area contributed by atoms with Gasteiger partial charge in [-0.25, -0.2) is 13.1 Å².